The summed E-state index contributed by atoms with van der Waals surface area (Å²) >= 11 is 0. The molecule has 2 amide bonds. The summed E-state index contributed by atoms with van der Waals surface area (Å²) in [5.74, 6) is 5.48. The number of aromatic nitrogens is 3. The van der Waals surface area contributed by atoms with Crippen LogP contribution in [0.4, 0.5) is 0 Å². The van der Waals surface area contributed by atoms with Crippen molar-refractivity contribution in [2.24, 2.45) is 10.9 Å². The predicted octanol–water partition coefficient (Wildman–Crippen LogP) is 0.487. The van der Waals surface area contributed by atoms with E-state index >= 15 is 0 Å². The first-order valence-corrected chi connectivity index (χ1v) is 11.2. The van der Waals surface area contributed by atoms with Gasteiger partial charge in [-0.2, -0.15) is 5.10 Å². The number of nitrogens with one attached hydrogen (secondary N) is 2. The highest BCUT2D eigenvalue weighted by Crippen LogP contribution is 2.22. The largest absolute Gasteiger partial charge is 0.348 e. The van der Waals surface area contributed by atoms with Crippen LogP contribution in [-0.2, 0) is 9.59 Å². The first kappa shape index (κ1) is 24.7. The molecule has 0 bridgehead atoms. The Morgan fingerprint density at radius 2 is 1.88 bits per heavy atom. The van der Waals surface area contributed by atoms with Crippen LogP contribution in [0.5, 0.6) is 0 Å². The Morgan fingerprint density at radius 3 is 2.50 bits per heavy atom. The van der Waals surface area contributed by atoms with Gasteiger partial charge in [0.25, 0.3) is 5.70 Å². The lowest BCUT2D eigenvalue weighted by Gasteiger charge is -2.25. The molecule has 0 saturated carbocycles. The summed E-state index contributed by atoms with van der Waals surface area (Å²) in [4.78, 5) is 43.1. The van der Waals surface area contributed by atoms with E-state index in [1.807, 2.05) is 45.0 Å². The minimum Gasteiger partial charge on any atom is -0.348 e. The summed E-state index contributed by atoms with van der Waals surface area (Å²) in [6, 6.07) is 6.94. The zero-order valence-electron chi connectivity index (χ0n) is 19.9. The molecule has 10 heteroatoms. The average Bonchev–Trinajstić information content (AvgIpc) is 3.34. The van der Waals surface area contributed by atoms with Crippen LogP contribution in [0.1, 0.15) is 52.1 Å². The van der Waals surface area contributed by atoms with Crippen LogP contribution < -0.4 is 16.2 Å². The van der Waals surface area contributed by atoms with Crippen molar-refractivity contribution in [2.45, 2.75) is 52.6 Å². The molecular weight excluding hydrogens is 432 g/mol. The summed E-state index contributed by atoms with van der Waals surface area (Å²) in [5.41, 5.74) is 3.59. The number of allylic oxidation sites excluding steroid dienone is 1. The van der Waals surface area contributed by atoms with E-state index in [2.05, 4.69) is 30.4 Å². The Balaban J connectivity index is 1.69. The maximum Gasteiger partial charge on any atom is 0.319 e. The molecule has 1 saturated heterocycles. The van der Waals surface area contributed by atoms with E-state index in [0.717, 1.165) is 23.1 Å². The molecule has 2 aromatic rings. The van der Waals surface area contributed by atoms with Crippen molar-refractivity contribution in [3.05, 3.63) is 53.8 Å². The second-order valence-corrected chi connectivity index (χ2v) is 8.40. The Hall–Kier alpha value is -3.95. The first-order chi connectivity index (χ1) is 16.3. The van der Waals surface area contributed by atoms with E-state index in [1.165, 1.54) is 12.7 Å². The van der Waals surface area contributed by atoms with Crippen molar-refractivity contribution < 1.29 is 14.6 Å². The molecule has 1 aliphatic heterocycles. The third-order valence-electron chi connectivity index (χ3n) is 5.68. The van der Waals surface area contributed by atoms with E-state index in [9.17, 15) is 9.59 Å². The lowest BCUT2D eigenvalue weighted by Crippen LogP contribution is -2.72. The van der Waals surface area contributed by atoms with Gasteiger partial charge in [-0.05, 0) is 46.1 Å². The molecule has 0 radical (unpaired) electrons. The van der Waals surface area contributed by atoms with Crippen molar-refractivity contribution in [1.82, 2.24) is 25.2 Å². The second-order valence-electron chi connectivity index (χ2n) is 8.40. The van der Waals surface area contributed by atoms with Crippen LogP contribution in [0.2, 0.25) is 0 Å². The standard InChI is InChI=1S/C24H30N8O2/c1-15(2)21(27-12-16(3)31-25)24(34)32-11-5-6-20(32)23(33)30-17(4)18-7-9-19(10-8-18)22-28-13-26-14-29-22/h7-10,12-14,17,20H,5-6,11,25H2,1-4H3,(H,30,33)/p+1/b27-12?,31-16-/t17-,20-/m0/s1. The average molecular weight is 464 g/mol. The Labute approximate surface area is 199 Å². The van der Waals surface area contributed by atoms with E-state index < -0.39 is 6.04 Å². The number of benzene rings is 1. The third-order valence-corrected chi connectivity index (χ3v) is 5.68. The van der Waals surface area contributed by atoms with Crippen LogP contribution in [0.25, 0.3) is 11.4 Å². The number of carbonyl (C=O) groups is 2. The van der Waals surface area contributed by atoms with Crippen molar-refractivity contribution in [3.8, 4) is 11.4 Å². The third kappa shape index (κ3) is 5.89. The molecule has 0 spiro atoms. The zero-order valence-corrected chi connectivity index (χ0v) is 19.9. The molecule has 10 nitrogen and oxygen atoms in total. The monoisotopic (exact) mass is 463 g/mol. The van der Waals surface area contributed by atoms with Gasteiger partial charge in [0, 0.05) is 17.7 Å². The van der Waals surface area contributed by atoms with Crippen molar-refractivity contribution in [3.63, 3.8) is 0 Å². The van der Waals surface area contributed by atoms with E-state index in [0.29, 0.717) is 30.2 Å². The van der Waals surface area contributed by atoms with Gasteiger partial charge in [0.05, 0.1) is 6.04 Å². The van der Waals surface area contributed by atoms with Gasteiger partial charge in [0.2, 0.25) is 5.91 Å². The second kappa shape index (κ2) is 11.3. The van der Waals surface area contributed by atoms with Gasteiger partial charge in [0.1, 0.15) is 24.4 Å². The number of hydrazone groups is 1. The number of amides is 2. The maximum absolute atomic E-state index is 13.2. The quantitative estimate of drug-likeness (QED) is 0.236. The topological polar surface area (TPSA) is 140 Å². The fourth-order valence-corrected chi connectivity index (χ4v) is 3.76. The molecular formula is C24H31N8O2+. The summed E-state index contributed by atoms with van der Waals surface area (Å²) in [6.07, 6.45) is 5.87. The van der Waals surface area contributed by atoms with Gasteiger partial charge in [-0.25, -0.2) is 19.9 Å². The highest BCUT2D eigenvalue weighted by Gasteiger charge is 2.37. The van der Waals surface area contributed by atoms with E-state index in [-0.39, 0.29) is 17.9 Å². The van der Waals surface area contributed by atoms with Gasteiger partial charge in [-0.15, -0.1) is 0 Å². The number of nitrogens with two attached hydrogens (primary N) is 1. The number of hydrogen-bond acceptors (Lipinski definition) is 7. The SMILES string of the molecule is CC(C)=C([NH+]=C/C(C)=N\N)C(=O)N1CCC[C@H]1C(=O)N[C@@H](C)c1ccc(-c2ncncn2)cc1. The number of likely N-dealkylation sites (tertiary alicyclic amines) is 1. The minimum absolute atomic E-state index is 0.170. The van der Waals surface area contributed by atoms with Gasteiger partial charge in [0.15, 0.2) is 12.0 Å². The number of carbonyl (C=O) groups excluding carboxylic acids is 2. The van der Waals surface area contributed by atoms with E-state index in [1.54, 1.807) is 18.0 Å². The molecule has 3 rings (SSSR count). The highest BCUT2D eigenvalue weighted by molar-refractivity contribution is 6.27. The van der Waals surface area contributed by atoms with Crippen LogP contribution in [0.3, 0.4) is 0 Å². The van der Waals surface area contributed by atoms with Crippen LogP contribution in [-0.4, -0.2) is 56.2 Å². The zero-order chi connectivity index (χ0) is 24.7. The molecule has 2 atom stereocenters. The molecule has 2 heterocycles. The summed E-state index contributed by atoms with van der Waals surface area (Å²) in [6.45, 7) is 7.86. The van der Waals surface area contributed by atoms with Gasteiger partial charge in [-0.3, -0.25) is 9.59 Å². The molecule has 1 aromatic carbocycles. The number of nitrogens with zero attached hydrogens (tertiary/aromatic N) is 5. The Bertz CT molecular complexity index is 1110. The van der Waals surface area contributed by atoms with Crippen molar-refractivity contribution in [1.29, 1.82) is 0 Å². The molecule has 0 unspecified atom stereocenters. The molecule has 178 valence electrons. The predicted molar refractivity (Wildman–Crippen MR) is 129 cm³/mol. The van der Waals surface area contributed by atoms with Crippen molar-refractivity contribution >= 4 is 23.7 Å². The first-order valence-electron chi connectivity index (χ1n) is 11.2. The normalized spacial score (nSPS) is 17.0. The van der Waals surface area contributed by atoms with Crippen LogP contribution >= 0.6 is 0 Å². The van der Waals surface area contributed by atoms with Crippen LogP contribution in [0.15, 0.2) is 53.3 Å². The number of hydrogen-bond donors (Lipinski definition) is 3. The maximum atomic E-state index is 13.2. The Morgan fingerprint density at radius 1 is 1.21 bits per heavy atom. The lowest BCUT2D eigenvalue weighted by atomic mass is 10.0. The summed E-state index contributed by atoms with van der Waals surface area (Å²) in [5, 5.41) is 6.64. The van der Waals surface area contributed by atoms with Gasteiger partial charge < -0.3 is 16.1 Å². The fraction of sp³-hybridized carbons (Fsp3) is 0.375. The van der Waals surface area contributed by atoms with E-state index in [4.69, 9.17) is 5.84 Å². The van der Waals surface area contributed by atoms with Gasteiger partial charge in [-0.1, -0.05) is 24.3 Å². The Kier molecular flexibility index (Phi) is 8.18. The highest BCUT2D eigenvalue weighted by atomic mass is 16.2. The summed E-state index contributed by atoms with van der Waals surface area (Å²) < 4.78 is 0. The molecule has 34 heavy (non-hydrogen) atoms. The van der Waals surface area contributed by atoms with Crippen LogP contribution in [0, 0.1) is 0 Å². The molecule has 4 N–H and O–H groups in total. The molecule has 1 aromatic heterocycles. The smallest absolute Gasteiger partial charge is 0.319 e. The minimum atomic E-state index is -0.528. The molecule has 0 aliphatic carbocycles. The number of rotatable bonds is 7. The fourth-order valence-electron chi connectivity index (χ4n) is 3.76. The summed E-state index contributed by atoms with van der Waals surface area (Å²) in [7, 11) is 0. The molecule has 1 fully saturated rings. The van der Waals surface area contributed by atoms with Gasteiger partial charge >= 0.3 is 5.91 Å². The molecule has 1 aliphatic rings. The lowest BCUT2D eigenvalue weighted by molar-refractivity contribution is -0.386. The van der Waals surface area contributed by atoms with Crippen molar-refractivity contribution in [2.75, 3.05) is 6.54 Å².